The molecule has 0 atom stereocenters. The molecule has 0 aromatic heterocycles. The summed E-state index contributed by atoms with van der Waals surface area (Å²) >= 11 is 0. The molecule has 0 saturated heterocycles. The zero-order chi connectivity index (χ0) is 8.53. The summed E-state index contributed by atoms with van der Waals surface area (Å²) in [5.41, 5.74) is 8.22. The van der Waals surface area contributed by atoms with Crippen molar-refractivity contribution in [3.63, 3.8) is 0 Å². The molecule has 0 aliphatic carbocycles. The maximum Gasteiger partial charge on any atom is 0.0785 e. The van der Waals surface area contributed by atoms with Crippen molar-refractivity contribution >= 4 is 0 Å². The Kier molecular flexibility index (Phi) is 7.89. The van der Waals surface area contributed by atoms with Gasteiger partial charge in [0.25, 0.3) is 0 Å². The van der Waals surface area contributed by atoms with Gasteiger partial charge in [-0.05, 0) is 25.8 Å². The van der Waals surface area contributed by atoms with Crippen LogP contribution < -0.4 is 11.2 Å². The van der Waals surface area contributed by atoms with Crippen LogP contribution in [-0.2, 0) is 4.84 Å². The first-order valence-electron chi connectivity index (χ1n) is 4.43. The van der Waals surface area contributed by atoms with Gasteiger partial charge in [-0.15, -0.1) is 0 Å². The average molecular weight is 160 g/mol. The Morgan fingerprint density at radius 3 is 2.45 bits per heavy atom. The van der Waals surface area contributed by atoms with E-state index in [0.717, 1.165) is 32.4 Å². The molecule has 11 heavy (non-hydrogen) atoms. The highest BCUT2D eigenvalue weighted by molar-refractivity contribution is 4.49. The van der Waals surface area contributed by atoms with E-state index in [1.807, 2.05) is 0 Å². The average Bonchev–Trinajstić information content (AvgIpc) is 2.05. The molecule has 3 heteroatoms. The van der Waals surface area contributed by atoms with Crippen molar-refractivity contribution in [2.45, 2.75) is 39.2 Å². The normalized spacial score (nSPS) is 10.9. The van der Waals surface area contributed by atoms with Crippen molar-refractivity contribution in [2.75, 3.05) is 13.1 Å². The van der Waals surface area contributed by atoms with E-state index < -0.39 is 0 Å². The lowest BCUT2D eigenvalue weighted by Crippen LogP contribution is -2.25. The first-order valence-corrected chi connectivity index (χ1v) is 4.43. The maximum atomic E-state index is 5.34. The largest absolute Gasteiger partial charge is 0.330 e. The van der Waals surface area contributed by atoms with E-state index in [9.17, 15) is 0 Å². The summed E-state index contributed by atoms with van der Waals surface area (Å²) in [5.74, 6) is 0. The molecule has 0 aromatic rings. The van der Waals surface area contributed by atoms with Gasteiger partial charge in [0.05, 0.1) is 6.10 Å². The highest BCUT2D eigenvalue weighted by Gasteiger charge is 2.01. The molecule has 0 saturated carbocycles. The number of rotatable bonds is 7. The van der Waals surface area contributed by atoms with Gasteiger partial charge in [0.2, 0.25) is 0 Å². The van der Waals surface area contributed by atoms with Gasteiger partial charge in [-0.25, -0.2) is 5.48 Å². The van der Waals surface area contributed by atoms with Gasteiger partial charge in [0.1, 0.15) is 0 Å². The zero-order valence-electron chi connectivity index (χ0n) is 7.60. The van der Waals surface area contributed by atoms with Crippen LogP contribution in [0.1, 0.15) is 33.1 Å². The Morgan fingerprint density at radius 2 is 2.00 bits per heavy atom. The molecule has 0 aliphatic heterocycles. The van der Waals surface area contributed by atoms with E-state index in [4.69, 9.17) is 10.6 Å². The van der Waals surface area contributed by atoms with Gasteiger partial charge in [0.15, 0.2) is 0 Å². The number of hydrogen-bond acceptors (Lipinski definition) is 3. The molecule has 3 nitrogen and oxygen atoms in total. The van der Waals surface area contributed by atoms with E-state index in [-0.39, 0.29) is 0 Å². The number of hydroxylamine groups is 1. The lowest BCUT2D eigenvalue weighted by atomic mass is 10.2. The summed E-state index contributed by atoms with van der Waals surface area (Å²) in [6, 6.07) is 0. The van der Waals surface area contributed by atoms with Gasteiger partial charge in [0, 0.05) is 6.54 Å². The molecule has 0 aromatic carbocycles. The first-order chi connectivity index (χ1) is 5.35. The Balaban J connectivity index is 3.07. The highest BCUT2D eigenvalue weighted by atomic mass is 16.7. The van der Waals surface area contributed by atoms with Crippen molar-refractivity contribution in [2.24, 2.45) is 5.73 Å². The van der Waals surface area contributed by atoms with Crippen LogP contribution in [0.2, 0.25) is 0 Å². The topological polar surface area (TPSA) is 47.3 Å². The fourth-order valence-electron chi connectivity index (χ4n) is 0.806. The number of hydrogen-bond donors (Lipinski definition) is 2. The minimum Gasteiger partial charge on any atom is -0.330 e. The van der Waals surface area contributed by atoms with E-state index >= 15 is 0 Å². The Morgan fingerprint density at radius 1 is 1.36 bits per heavy atom. The lowest BCUT2D eigenvalue weighted by molar-refractivity contribution is -0.0280. The van der Waals surface area contributed by atoms with Gasteiger partial charge < -0.3 is 5.73 Å². The molecule has 68 valence electrons. The predicted molar refractivity (Wildman–Crippen MR) is 47.1 cm³/mol. The smallest absolute Gasteiger partial charge is 0.0785 e. The number of nitrogens with one attached hydrogen (secondary N) is 1. The van der Waals surface area contributed by atoms with Crippen molar-refractivity contribution < 1.29 is 4.84 Å². The minimum atomic E-state index is 0.354. The fourth-order valence-corrected chi connectivity index (χ4v) is 0.806. The summed E-state index contributed by atoms with van der Waals surface area (Å²) in [7, 11) is 0. The summed E-state index contributed by atoms with van der Waals surface area (Å²) in [5, 5.41) is 0. The Bertz CT molecular complexity index is 74.5. The second kappa shape index (κ2) is 7.98. The second-order valence-electron chi connectivity index (χ2n) is 2.59. The van der Waals surface area contributed by atoms with Gasteiger partial charge in [-0.2, -0.15) is 0 Å². The second-order valence-corrected chi connectivity index (χ2v) is 2.59. The monoisotopic (exact) mass is 160 g/mol. The SMILES string of the molecule is CCC(CC)ONCCCN. The molecule has 0 bridgehead atoms. The zero-order valence-corrected chi connectivity index (χ0v) is 7.60. The van der Waals surface area contributed by atoms with E-state index in [2.05, 4.69) is 19.3 Å². The van der Waals surface area contributed by atoms with E-state index in [0.29, 0.717) is 6.10 Å². The van der Waals surface area contributed by atoms with E-state index in [1.165, 1.54) is 0 Å². The third-order valence-electron chi connectivity index (χ3n) is 1.64. The van der Waals surface area contributed by atoms with Crippen LogP contribution >= 0.6 is 0 Å². The van der Waals surface area contributed by atoms with Crippen molar-refractivity contribution in [1.82, 2.24) is 5.48 Å². The maximum absolute atomic E-state index is 5.34. The minimum absolute atomic E-state index is 0.354. The molecule has 0 aliphatic rings. The van der Waals surface area contributed by atoms with Gasteiger partial charge in [-0.3, -0.25) is 4.84 Å². The van der Waals surface area contributed by atoms with Crippen LogP contribution in [0.4, 0.5) is 0 Å². The first kappa shape index (κ1) is 10.9. The van der Waals surface area contributed by atoms with Crippen molar-refractivity contribution in [3.8, 4) is 0 Å². The molecule has 0 spiro atoms. The molecular formula is C8H20N2O. The van der Waals surface area contributed by atoms with Crippen LogP contribution in [0.15, 0.2) is 0 Å². The summed E-state index contributed by atoms with van der Waals surface area (Å²) in [6.45, 7) is 5.82. The van der Waals surface area contributed by atoms with Crippen LogP contribution in [-0.4, -0.2) is 19.2 Å². The fraction of sp³-hybridized carbons (Fsp3) is 1.00. The van der Waals surface area contributed by atoms with Crippen LogP contribution in [0, 0.1) is 0 Å². The van der Waals surface area contributed by atoms with Crippen LogP contribution in [0.3, 0.4) is 0 Å². The summed E-state index contributed by atoms with van der Waals surface area (Å²) in [6.07, 6.45) is 3.45. The summed E-state index contributed by atoms with van der Waals surface area (Å²) < 4.78 is 0. The highest BCUT2D eigenvalue weighted by Crippen LogP contribution is 1.99. The van der Waals surface area contributed by atoms with Gasteiger partial charge in [-0.1, -0.05) is 13.8 Å². The third-order valence-corrected chi connectivity index (χ3v) is 1.64. The lowest BCUT2D eigenvalue weighted by Gasteiger charge is -2.13. The molecule has 0 fully saturated rings. The van der Waals surface area contributed by atoms with Crippen LogP contribution in [0.25, 0.3) is 0 Å². The van der Waals surface area contributed by atoms with Crippen molar-refractivity contribution in [3.05, 3.63) is 0 Å². The molecule has 0 amide bonds. The quantitative estimate of drug-likeness (QED) is 0.432. The van der Waals surface area contributed by atoms with Gasteiger partial charge >= 0.3 is 0 Å². The Labute approximate surface area is 69.3 Å². The van der Waals surface area contributed by atoms with Crippen LogP contribution in [0.5, 0.6) is 0 Å². The van der Waals surface area contributed by atoms with Crippen molar-refractivity contribution in [1.29, 1.82) is 0 Å². The standard InChI is InChI=1S/C8H20N2O/c1-3-8(4-2)11-10-7-5-6-9/h8,10H,3-7,9H2,1-2H3. The predicted octanol–water partition coefficient (Wildman–Crippen LogP) is 1.04. The molecule has 0 rings (SSSR count). The summed E-state index contributed by atoms with van der Waals surface area (Å²) in [4.78, 5) is 5.34. The Hall–Kier alpha value is -0.120. The third kappa shape index (κ3) is 6.28. The molecular weight excluding hydrogens is 140 g/mol. The molecule has 3 N–H and O–H groups in total. The molecule has 0 heterocycles. The molecule has 0 unspecified atom stereocenters. The van der Waals surface area contributed by atoms with E-state index in [1.54, 1.807) is 0 Å². The number of nitrogens with two attached hydrogens (primary N) is 1. The molecule has 0 radical (unpaired) electrons.